The average Bonchev–Trinajstić information content (AvgIpc) is 2.78. The summed E-state index contributed by atoms with van der Waals surface area (Å²) in [4.78, 5) is 12.7. The number of aryl methyl sites for hydroxylation is 2. The molecule has 0 saturated heterocycles. The quantitative estimate of drug-likeness (QED) is 0.418. The molecular formula is C24H25N3O4S. The number of ether oxygens (including phenoxy) is 1. The van der Waals surface area contributed by atoms with E-state index in [0.717, 1.165) is 21.0 Å². The van der Waals surface area contributed by atoms with Crippen LogP contribution in [-0.2, 0) is 14.8 Å². The van der Waals surface area contributed by atoms with Gasteiger partial charge in [0.05, 0.1) is 23.9 Å². The van der Waals surface area contributed by atoms with E-state index >= 15 is 0 Å². The molecule has 0 radical (unpaired) electrons. The SMILES string of the molecule is COc1ccc(/C=N\NC(=O)CN(c2cccc(C)c2)S(=O)(=O)c2ccc(C)cc2)cc1. The number of carbonyl (C=O) groups excluding carboxylic acids is 1. The summed E-state index contributed by atoms with van der Waals surface area (Å²) >= 11 is 0. The second-order valence-corrected chi connectivity index (χ2v) is 9.09. The van der Waals surface area contributed by atoms with Gasteiger partial charge in [0, 0.05) is 0 Å². The number of hydrogen-bond acceptors (Lipinski definition) is 5. The molecule has 0 heterocycles. The zero-order chi connectivity index (χ0) is 23.1. The van der Waals surface area contributed by atoms with Gasteiger partial charge in [-0.05, 0) is 73.5 Å². The first-order valence-corrected chi connectivity index (χ1v) is 11.4. The summed E-state index contributed by atoms with van der Waals surface area (Å²) in [6, 6.07) is 20.6. The number of rotatable bonds is 8. The van der Waals surface area contributed by atoms with Gasteiger partial charge >= 0.3 is 0 Å². The Bertz CT molecular complexity index is 1200. The van der Waals surface area contributed by atoms with Gasteiger partial charge < -0.3 is 4.74 Å². The Morgan fingerprint density at radius 2 is 1.69 bits per heavy atom. The molecule has 32 heavy (non-hydrogen) atoms. The van der Waals surface area contributed by atoms with Gasteiger partial charge in [-0.25, -0.2) is 13.8 Å². The lowest BCUT2D eigenvalue weighted by Gasteiger charge is -2.24. The van der Waals surface area contributed by atoms with E-state index in [-0.39, 0.29) is 4.90 Å². The fraction of sp³-hybridized carbons (Fsp3) is 0.167. The molecule has 0 aliphatic heterocycles. The third kappa shape index (κ3) is 5.73. The third-order valence-electron chi connectivity index (χ3n) is 4.70. The number of hydrazone groups is 1. The number of carbonyl (C=O) groups is 1. The molecule has 1 N–H and O–H groups in total. The van der Waals surface area contributed by atoms with Crippen LogP contribution < -0.4 is 14.5 Å². The number of sulfonamides is 1. The molecule has 0 fully saturated rings. The second-order valence-electron chi connectivity index (χ2n) is 7.23. The van der Waals surface area contributed by atoms with Crippen LogP contribution in [0.4, 0.5) is 5.69 Å². The van der Waals surface area contributed by atoms with Crippen LogP contribution in [0.3, 0.4) is 0 Å². The zero-order valence-electron chi connectivity index (χ0n) is 18.1. The summed E-state index contributed by atoms with van der Waals surface area (Å²) in [6.45, 7) is 3.32. The molecular weight excluding hydrogens is 426 g/mol. The van der Waals surface area contributed by atoms with Gasteiger partial charge in [0.15, 0.2) is 0 Å². The maximum atomic E-state index is 13.3. The first kappa shape index (κ1) is 23.0. The molecule has 7 nitrogen and oxygen atoms in total. The number of benzene rings is 3. The highest BCUT2D eigenvalue weighted by Gasteiger charge is 2.27. The molecule has 0 unspecified atom stereocenters. The maximum Gasteiger partial charge on any atom is 0.264 e. The van der Waals surface area contributed by atoms with Gasteiger partial charge in [-0.3, -0.25) is 9.10 Å². The standard InChI is InChI=1S/C24H25N3O4S/c1-18-7-13-23(14-8-18)32(29,30)27(21-6-4-5-19(2)15-21)17-24(28)26-25-16-20-9-11-22(31-3)12-10-20/h4-16H,17H2,1-3H3,(H,26,28)/b25-16-. The Hall–Kier alpha value is -3.65. The molecule has 0 aromatic heterocycles. The molecule has 3 aromatic rings. The fourth-order valence-electron chi connectivity index (χ4n) is 2.97. The van der Waals surface area contributed by atoms with Crippen LogP contribution in [0.2, 0.25) is 0 Å². The Balaban J connectivity index is 1.81. The van der Waals surface area contributed by atoms with Crippen molar-refractivity contribution in [3.63, 3.8) is 0 Å². The van der Waals surface area contributed by atoms with Gasteiger partial charge in [0.25, 0.3) is 15.9 Å². The largest absolute Gasteiger partial charge is 0.497 e. The topological polar surface area (TPSA) is 88.1 Å². The lowest BCUT2D eigenvalue weighted by molar-refractivity contribution is -0.119. The summed E-state index contributed by atoms with van der Waals surface area (Å²) in [5.41, 5.74) is 5.38. The highest BCUT2D eigenvalue weighted by Crippen LogP contribution is 2.24. The predicted octanol–water partition coefficient (Wildman–Crippen LogP) is 3.66. The van der Waals surface area contributed by atoms with Crippen molar-refractivity contribution in [2.75, 3.05) is 18.0 Å². The van der Waals surface area contributed by atoms with E-state index in [1.54, 1.807) is 61.7 Å². The van der Waals surface area contributed by atoms with Crippen LogP contribution in [0.15, 0.2) is 82.8 Å². The smallest absolute Gasteiger partial charge is 0.264 e. The molecule has 166 valence electrons. The van der Waals surface area contributed by atoms with E-state index in [2.05, 4.69) is 10.5 Å². The molecule has 0 aliphatic carbocycles. The molecule has 3 aromatic carbocycles. The van der Waals surface area contributed by atoms with Crippen molar-refractivity contribution in [1.82, 2.24) is 5.43 Å². The fourth-order valence-corrected chi connectivity index (χ4v) is 4.38. The van der Waals surface area contributed by atoms with Crippen molar-refractivity contribution in [2.24, 2.45) is 5.10 Å². The molecule has 8 heteroatoms. The maximum absolute atomic E-state index is 13.3. The van der Waals surface area contributed by atoms with Crippen molar-refractivity contribution < 1.29 is 17.9 Å². The molecule has 0 aliphatic rings. The number of nitrogens with one attached hydrogen (secondary N) is 1. The first-order valence-electron chi connectivity index (χ1n) is 9.91. The number of anilines is 1. The second kappa shape index (κ2) is 10.1. The third-order valence-corrected chi connectivity index (χ3v) is 6.49. The summed E-state index contributed by atoms with van der Waals surface area (Å²) in [6.07, 6.45) is 1.48. The summed E-state index contributed by atoms with van der Waals surface area (Å²) in [5, 5.41) is 3.94. The van der Waals surface area contributed by atoms with Crippen LogP contribution in [0.5, 0.6) is 5.75 Å². The first-order chi connectivity index (χ1) is 15.3. The van der Waals surface area contributed by atoms with Gasteiger partial charge in [-0.2, -0.15) is 5.10 Å². The Kier molecular flexibility index (Phi) is 7.27. The van der Waals surface area contributed by atoms with E-state index in [9.17, 15) is 13.2 Å². The van der Waals surface area contributed by atoms with Crippen molar-refractivity contribution in [3.05, 3.63) is 89.5 Å². The molecule has 0 saturated carbocycles. The van der Waals surface area contributed by atoms with Gasteiger partial charge in [0.1, 0.15) is 12.3 Å². The lowest BCUT2D eigenvalue weighted by atomic mass is 10.2. The zero-order valence-corrected chi connectivity index (χ0v) is 19.0. The number of hydrogen-bond donors (Lipinski definition) is 1. The van der Waals surface area contributed by atoms with Crippen molar-refractivity contribution in [1.29, 1.82) is 0 Å². The number of methoxy groups -OCH3 is 1. The highest BCUT2D eigenvalue weighted by molar-refractivity contribution is 7.92. The number of nitrogens with zero attached hydrogens (tertiary/aromatic N) is 2. The monoisotopic (exact) mass is 451 g/mol. The van der Waals surface area contributed by atoms with Crippen LogP contribution in [0.25, 0.3) is 0 Å². The Labute approximate surface area is 188 Å². The van der Waals surface area contributed by atoms with E-state index in [4.69, 9.17) is 4.74 Å². The molecule has 0 spiro atoms. The summed E-state index contributed by atoms with van der Waals surface area (Å²) in [7, 11) is -2.38. The van der Waals surface area contributed by atoms with E-state index < -0.39 is 22.5 Å². The van der Waals surface area contributed by atoms with Gasteiger partial charge in [0.2, 0.25) is 0 Å². The van der Waals surface area contributed by atoms with Crippen molar-refractivity contribution in [2.45, 2.75) is 18.7 Å². The lowest BCUT2D eigenvalue weighted by Crippen LogP contribution is -2.39. The molecule has 0 bridgehead atoms. The Morgan fingerprint density at radius 1 is 1.00 bits per heavy atom. The minimum atomic E-state index is -3.96. The van der Waals surface area contributed by atoms with E-state index in [1.807, 2.05) is 19.9 Å². The molecule has 1 amide bonds. The average molecular weight is 452 g/mol. The van der Waals surface area contributed by atoms with Crippen LogP contribution in [0, 0.1) is 13.8 Å². The summed E-state index contributed by atoms with van der Waals surface area (Å²) < 4.78 is 32.9. The highest BCUT2D eigenvalue weighted by atomic mass is 32.2. The minimum absolute atomic E-state index is 0.110. The van der Waals surface area contributed by atoms with Gasteiger partial charge in [-0.1, -0.05) is 29.8 Å². The minimum Gasteiger partial charge on any atom is -0.497 e. The Morgan fingerprint density at radius 3 is 2.31 bits per heavy atom. The van der Waals surface area contributed by atoms with Gasteiger partial charge in [-0.15, -0.1) is 0 Å². The van der Waals surface area contributed by atoms with Crippen LogP contribution in [-0.4, -0.2) is 34.2 Å². The number of amides is 1. The van der Waals surface area contributed by atoms with E-state index in [1.165, 1.54) is 18.3 Å². The molecule has 3 rings (SSSR count). The van der Waals surface area contributed by atoms with Crippen molar-refractivity contribution in [3.8, 4) is 5.75 Å². The summed E-state index contributed by atoms with van der Waals surface area (Å²) in [5.74, 6) is 0.147. The molecule has 0 atom stereocenters. The van der Waals surface area contributed by atoms with Crippen LogP contribution in [0.1, 0.15) is 16.7 Å². The predicted molar refractivity (Wildman–Crippen MR) is 126 cm³/mol. The normalized spacial score (nSPS) is 11.3. The van der Waals surface area contributed by atoms with E-state index in [0.29, 0.717) is 11.4 Å². The van der Waals surface area contributed by atoms with Crippen LogP contribution >= 0.6 is 0 Å². The van der Waals surface area contributed by atoms with Crippen molar-refractivity contribution >= 4 is 27.8 Å².